The summed E-state index contributed by atoms with van der Waals surface area (Å²) in [6, 6.07) is 0.633. The first-order valence-electron chi connectivity index (χ1n) is 7.82. The quantitative estimate of drug-likeness (QED) is 0.915. The van der Waals surface area contributed by atoms with E-state index < -0.39 is 0 Å². The van der Waals surface area contributed by atoms with Gasteiger partial charge in [0, 0.05) is 31.9 Å². The molecule has 1 aliphatic carbocycles. The van der Waals surface area contributed by atoms with Gasteiger partial charge in [-0.3, -0.25) is 0 Å². The summed E-state index contributed by atoms with van der Waals surface area (Å²) in [5.41, 5.74) is 1.10. The summed E-state index contributed by atoms with van der Waals surface area (Å²) in [6.07, 6.45) is 7.71. The maximum atomic E-state index is 5.80. The standard InChI is InChI=1S/C15H26N4O/c1-12-10-19(13-5-3-4-6-13)15(17-12)16-9-14-11-18(2)7-8-20-14/h10,13-14H,3-9,11H2,1-2H3,(H,16,17). The van der Waals surface area contributed by atoms with Crippen molar-refractivity contribution in [1.82, 2.24) is 14.5 Å². The third-order valence-electron chi connectivity index (χ3n) is 4.40. The van der Waals surface area contributed by atoms with Gasteiger partial charge in [-0.1, -0.05) is 12.8 Å². The Balaban J connectivity index is 1.61. The third kappa shape index (κ3) is 3.15. The molecule has 0 spiro atoms. The van der Waals surface area contributed by atoms with Gasteiger partial charge in [0.25, 0.3) is 0 Å². The fourth-order valence-corrected chi connectivity index (χ4v) is 3.30. The van der Waals surface area contributed by atoms with Gasteiger partial charge < -0.3 is 19.5 Å². The summed E-state index contributed by atoms with van der Waals surface area (Å²) >= 11 is 0. The van der Waals surface area contributed by atoms with Gasteiger partial charge in [0.15, 0.2) is 0 Å². The molecule has 0 bridgehead atoms. The molecule has 1 N–H and O–H groups in total. The summed E-state index contributed by atoms with van der Waals surface area (Å²) < 4.78 is 8.14. The Hall–Kier alpha value is -1.07. The van der Waals surface area contributed by atoms with Crippen LogP contribution in [0.15, 0.2) is 6.20 Å². The zero-order valence-corrected chi connectivity index (χ0v) is 12.6. The first-order valence-corrected chi connectivity index (χ1v) is 7.82. The number of imidazole rings is 1. The predicted octanol–water partition coefficient (Wildman–Crippen LogP) is 2.05. The highest BCUT2D eigenvalue weighted by atomic mass is 16.5. The minimum absolute atomic E-state index is 0.266. The lowest BCUT2D eigenvalue weighted by Crippen LogP contribution is -2.43. The first kappa shape index (κ1) is 13.9. The maximum absolute atomic E-state index is 5.80. The molecule has 0 radical (unpaired) electrons. The van der Waals surface area contributed by atoms with E-state index in [1.165, 1.54) is 25.7 Å². The SMILES string of the molecule is Cc1cn(C2CCCC2)c(NCC2CN(C)CCO2)n1. The number of rotatable bonds is 4. The molecule has 1 atom stereocenters. The molecule has 1 saturated carbocycles. The van der Waals surface area contributed by atoms with Crippen LogP contribution in [0.2, 0.25) is 0 Å². The molecule has 2 aliphatic rings. The highest BCUT2D eigenvalue weighted by molar-refractivity contribution is 5.30. The molecule has 1 aromatic heterocycles. The minimum atomic E-state index is 0.266. The van der Waals surface area contributed by atoms with Gasteiger partial charge in [0.2, 0.25) is 5.95 Å². The van der Waals surface area contributed by atoms with E-state index in [4.69, 9.17) is 4.74 Å². The molecule has 1 saturated heterocycles. The van der Waals surface area contributed by atoms with E-state index in [2.05, 4.69) is 39.9 Å². The second-order valence-corrected chi connectivity index (χ2v) is 6.19. The molecular weight excluding hydrogens is 252 g/mol. The second-order valence-electron chi connectivity index (χ2n) is 6.19. The van der Waals surface area contributed by atoms with Crippen molar-refractivity contribution < 1.29 is 4.74 Å². The van der Waals surface area contributed by atoms with Crippen molar-refractivity contribution >= 4 is 5.95 Å². The van der Waals surface area contributed by atoms with E-state index >= 15 is 0 Å². The number of morpholine rings is 1. The Labute approximate surface area is 121 Å². The zero-order valence-electron chi connectivity index (χ0n) is 12.6. The van der Waals surface area contributed by atoms with Gasteiger partial charge in [-0.25, -0.2) is 4.98 Å². The van der Waals surface area contributed by atoms with E-state index in [1.54, 1.807) is 0 Å². The molecule has 5 heteroatoms. The smallest absolute Gasteiger partial charge is 0.203 e. The monoisotopic (exact) mass is 278 g/mol. The first-order chi connectivity index (χ1) is 9.72. The molecule has 3 rings (SSSR count). The van der Waals surface area contributed by atoms with Crippen LogP contribution in [0, 0.1) is 6.92 Å². The number of ether oxygens (including phenoxy) is 1. The number of nitrogens with one attached hydrogen (secondary N) is 1. The number of nitrogens with zero attached hydrogens (tertiary/aromatic N) is 3. The van der Waals surface area contributed by atoms with E-state index in [1.807, 2.05) is 0 Å². The average molecular weight is 278 g/mol. The van der Waals surface area contributed by atoms with Crippen LogP contribution in [0.4, 0.5) is 5.95 Å². The molecule has 1 aliphatic heterocycles. The second kappa shape index (κ2) is 6.14. The lowest BCUT2D eigenvalue weighted by molar-refractivity contribution is -0.0118. The number of aryl methyl sites for hydroxylation is 1. The average Bonchev–Trinajstić information content (AvgIpc) is 3.05. The fraction of sp³-hybridized carbons (Fsp3) is 0.800. The molecule has 2 fully saturated rings. The summed E-state index contributed by atoms with van der Waals surface area (Å²) in [5.74, 6) is 1.02. The van der Waals surface area contributed by atoms with Gasteiger partial charge in [0.05, 0.1) is 18.4 Å². The maximum Gasteiger partial charge on any atom is 0.203 e. The van der Waals surface area contributed by atoms with E-state index in [9.17, 15) is 0 Å². The molecule has 0 amide bonds. The Morgan fingerprint density at radius 2 is 2.20 bits per heavy atom. The summed E-state index contributed by atoms with van der Waals surface area (Å²) in [4.78, 5) is 6.97. The van der Waals surface area contributed by atoms with Crippen LogP contribution in [0.25, 0.3) is 0 Å². The van der Waals surface area contributed by atoms with E-state index in [-0.39, 0.29) is 6.10 Å². The van der Waals surface area contributed by atoms with Gasteiger partial charge >= 0.3 is 0 Å². The van der Waals surface area contributed by atoms with Crippen LogP contribution in [0.1, 0.15) is 37.4 Å². The Bertz CT molecular complexity index is 439. The number of hydrogen-bond donors (Lipinski definition) is 1. The van der Waals surface area contributed by atoms with Crippen LogP contribution >= 0.6 is 0 Å². The van der Waals surface area contributed by atoms with Crippen molar-refractivity contribution in [2.75, 3.05) is 38.6 Å². The van der Waals surface area contributed by atoms with E-state index in [0.717, 1.165) is 37.9 Å². The van der Waals surface area contributed by atoms with Crippen molar-refractivity contribution in [2.24, 2.45) is 0 Å². The van der Waals surface area contributed by atoms with Crippen LogP contribution < -0.4 is 5.32 Å². The summed E-state index contributed by atoms with van der Waals surface area (Å²) in [6.45, 7) is 5.77. The Kier molecular flexibility index (Phi) is 4.27. The Morgan fingerprint density at radius 1 is 1.40 bits per heavy atom. The highest BCUT2D eigenvalue weighted by Crippen LogP contribution is 2.32. The summed E-state index contributed by atoms with van der Waals surface area (Å²) in [5, 5.41) is 3.50. The van der Waals surface area contributed by atoms with Crippen molar-refractivity contribution in [3.05, 3.63) is 11.9 Å². The van der Waals surface area contributed by atoms with Gasteiger partial charge in [-0.05, 0) is 26.8 Å². The van der Waals surface area contributed by atoms with E-state index in [0.29, 0.717) is 6.04 Å². The Morgan fingerprint density at radius 3 is 2.95 bits per heavy atom. The third-order valence-corrected chi connectivity index (χ3v) is 4.40. The highest BCUT2D eigenvalue weighted by Gasteiger charge is 2.22. The number of aromatic nitrogens is 2. The van der Waals surface area contributed by atoms with Crippen molar-refractivity contribution in [3.8, 4) is 0 Å². The molecule has 112 valence electrons. The summed E-state index contributed by atoms with van der Waals surface area (Å²) in [7, 11) is 2.15. The molecule has 2 heterocycles. The van der Waals surface area contributed by atoms with Crippen LogP contribution in [0.3, 0.4) is 0 Å². The molecular formula is C15H26N4O. The van der Waals surface area contributed by atoms with Crippen molar-refractivity contribution in [1.29, 1.82) is 0 Å². The van der Waals surface area contributed by atoms with Gasteiger partial charge in [-0.2, -0.15) is 0 Å². The largest absolute Gasteiger partial charge is 0.374 e. The molecule has 1 aromatic rings. The lowest BCUT2D eigenvalue weighted by Gasteiger charge is -2.30. The minimum Gasteiger partial charge on any atom is -0.374 e. The van der Waals surface area contributed by atoms with Gasteiger partial charge in [0.1, 0.15) is 0 Å². The van der Waals surface area contributed by atoms with Crippen LogP contribution in [-0.2, 0) is 4.74 Å². The topological polar surface area (TPSA) is 42.3 Å². The molecule has 20 heavy (non-hydrogen) atoms. The van der Waals surface area contributed by atoms with Crippen LogP contribution in [-0.4, -0.2) is 53.8 Å². The number of likely N-dealkylation sites (N-methyl/N-ethyl adjacent to an activating group) is 1. The lowest BCUT2D eigenvalue weighted by atomic mass is 10.2. The number of anilines is 1. The van der Waals surface area contributed by atoms with Crippen LogP contribution in [0.5, 0.6) is 0 Å². The van der Waals surface area contributed by atoms with Gasteiger partial charge in [-0.15, -0.1) is 0 Å². The molecule has 1 unspecified atom stereocenters. The molecule has 5 nitrogen and oxygen atoms in total. The predicted molar refractivity (Wildman–Crippen MR) is 80.2 cm³/mol. The fourth-order valence-electron chi connectivity index (χ4n) is 3.30. The number of hydrogen-bond acceptors (Lipinski definition) is 4. The molecule has 0 aromatic carbocycles. The zero-order chi connectivity index (χ0) is 13.9. The normalized spacial score (nSPS) is 25.2. The van der Waals surface area contributed by atoms with Crippen molar-refractivity contribution in [2.45, 2.75) is 44.8 Å². The van der Waals surface area contributed by atoms with Crippen molar-refractivity contribution in [3.63, 3.8) is 0 Å².